The van der Waals surface area contributed by atoms with E-state index < -0.39 is 0 Å². The average Bonchev–Trinajstić information content (AvgIpc) is 3.33. The summed E-state index contributed by atoms with van der Waals surface area (Å²) in [6.45, 7) is 4.33. The first-order valence-corrected chi connectivity index (χ1v) is 11.6. The number of halogens is 1. The molecule has 164 valence electrons. The number of piperidine rings is 1. The number of carbonyl (C=O) groups is 2. The number of para-hydroxylation sites is 1. The highest BCUT2D eigenvalue weighted by atomic mass is 35.5. The van der Waals surface area contributed by atoms with Crippen molar-refractivity contribution in [1.82, 2.24) is 9.80 Å². The molecule has 6 heteroatoms. The molecule has 0 unspecified atom stereocenters. The monoisotopic (exact) mass is 439 g/mol. The predicted molar refractivity (Wildman–Crippen MR) is 125 cm³/mol. The fourth-order valence-electron chi connectivity index (χ4n) is 4.63. The zero-order chi connectivity index (χ0) is 21.6. The van der Waals surface area contributed by atoms with E-state index in [1.807, 2.05) is 40.1 Å². The van der Waals surface area contributed by atoms with Gasteiger partial charge in [0.1, 0.15) is 0 Å². The van der Waals surface area contributed by atoms with Gasteiger partial charge in [-0.1, -0.05) is 29.8 Å². The molecule has 2 aromatic carbocycles. The first-order chi connectivity index (χ1) is 15.1. The molecule has 0 aromatic heterocycles. The number of benzene rings is 2. The van der Waals surface area contributed by atoms with Crippen LogP contribution in [0.3, 0.4) is 0 Å². The Morgan fingerprint density at radius 1 is 0.903 bits per heavy atom. The van der Waals surface area contributed by atoms with Crippen LogP contribution in [0, 0.1) is 0 Å². The van der Waals surface area contributed by atoms with Gasteiger partial charge in [-0.3, -0.25) is 9.59 Å². The van der Waals surface area contributed by atoms with Crippen molar-refractivity contribution in [3.8, 4) is 0 Å². The summed E-state index contributed by atoms with van der Waals surface area (Å²) < 4.78 is 0. The van der Waals surface area contributed by atoms with Crippen LogP contribution < -0.4 is 4.90 Å². The molecule has 2 amide bonds. The molecule has 5 nitrogen and oxygen atoms in total. The van der Waals surface area contributed by atoms with Crippen molar-refractivity contribution < 1.29 is 9.59 Å². The van der Waals surface area contributed by atoms with Gasteiger partial charge in [-0.25, -0.2) is 0 Å². The van der Waals surface area contributed by atoms with Gasteiger partial charge in [0.25, 0.3) is 5.91 Å². The zero-order valence-electron chi connectivity index (χ0n) is 17.9. The fraction of sp³-hybridized carbons (Fsp3) is 0.440. The highest BCUT2D eigenvalue weighted by Gasteiger charge is 2.31. The number of carbonyl (C=O) groups excluding carboxylic acids is 2. The third-order valence-electron chi connectivity index (χ3n) is 6.35. The van der Waals surface area contributed by atoms with Gasteiger partial charge in [0.2, 0.25) is 5.91 Å². The van der Waals surface area contributed by atoms with E-state index in [1.165, 1.54) is 12.8 Å². The van der Waals surface area contributed by atoms with Gasteiger partial charge in [-0.15, -0.1) is 0 Å². The Balaban J connectivity index is 1.41. The van der Waals surface area contributed by atoms with Gasteiger partial charge in [-0.05, 0) is 75.2 Å². The summed E-state index contributed by atoms with van der Waals surface area (Å²) in [6, 6.07) is 17.1. The van der Waals surface area contributed by atoms with Crippen LogP contribution in [0.15, 0.2) is 54.6 Å². The van der Waals surface area contributed by atoms with Crippen molar-refractivity contribution in [1.29, 1.82) is 0 Å². The normalized spacial score (nSPS) is 17.6. The van der Waals surface area contributed by atoms with Crippen molar-refractivity contribution >= 4 is 29.1 Å². The van der Waals surface area contributed by atoms with Crippen molar-refractivity contribution in [3.05, 3.63) is 65.2 Å². The van der Waals surface area contributed by atoms with Crippen molar-refractivity contribution in [3.63, 3.8) is 0 Å². The Morgan fingerprint density at radius 3 is 2.19 bits per heavy atom. The molecule has 2 heterocycles. The molecule has 0 saturated carbocycles. The number of anilines is 1. The largest absolute Gasteiger partial charge is 0.338 e. The lowest BCUT2D eigenvalue weighted by Crippen LogP contribution is -2.49. The Labute approximate surface area is 189 Å². The van der Waals surface area contributed by atoms with Crippen LogP contribution in [0.2, 0.25) is 5.02 Å². The molecule has 2 fully saturated rings. The lowest BCUT2D eigenvalue weighted by Gasteiger charge is -2.39. The van der Waals surface area contributed by atoms with E-state index in [0.29, 0.717) is 30.1 Å². The van der Waals surface area contributed by atoms with Gasteiger partial charge in [-0.2, -0.15) is 0 Å². The molecule has 2 saturated heterocycles. The Kier molecular flexibility index (Phi) is 7.25. The fourth-order valence-corrected chi connectivity index (χ4v) is 4.76. The number of hydrogen-bond donors (Lipinski definition) is 0. The van der Waals surface area contributed by atoms with E-state index in [0.717, 1.165) is 38.2 Å². The summed E-state index contributed by atoms with van der Waals surface area (Å²) in [7, 11) is 0. The Hall–Kier alpha value is -2.37. The molecule has 0 radical (unpaired) electrons. The predicted octanol–water partition coefficient (Wildman–Crippen LogP) is 4.46. The smallest absolute Gasteiger partial charge is 0.253 e. The molecule has 4 rings (SSSR count). The molecule has 0 atom stereocenters. The molecular formula is C25H30ClN3O2. The average molecular weight is 440 g/mol. The molecular weight excluding hydrogens is 410 g/mol. The van der Waals surface area contributed by atoms with Gasteiger partial charge >= 0.3 is 0 Å². The van der Waals surface area contributed by atoms with Crippen LogP contribution in [0.25, 0.3) is 0 Å². The van der Waals surface area contributed by atoms with E-state index in [1.54, 1.807) is 24.3 Å². The van der Waals surface area contributed by atoms with Crippen molar-refractivity contribution in [2.24, 2.45) is 0 Å². The second kappa shape index (κ2) is 10.3. The molecule has 0 aliphatic carbocycles. The molecule has 0 spiro atoms. The number of nitrogens with zero attached hydrogens (tertiary/aromatic N) is 3. The third kappa shape index (κ3) is 5.46. The quantitative estimate of drug-likeness (QED) is 0.667. The first kappa shape index (κ1) is 21.8. The standard InChI is InChI=1S/C25H30ClN3O2/c26-21-10-8-20(9-11-21)25(31)28-18-12-23(13-19-28)29(22-6-2-1-3-7-22)24(30)14-17-27-15-4-5-16-27/h1-3,6-11,23H,4-5,12-19H2. The van der Waals surface area contributed by atoms with Gasteiger partial charge < -0.3 is 14.7 Å². The molecule has 0 bridgehead atoms. The van der Waals surface area contributed by atoms with E-state index >= 15 is 0 Å². The van der Waals surface area contributed by atoms with Crippen LogP contribution >= 0.6 is 11.6 Å². The van der Waals surface area contributed by atoms with Gasteiger partial charge in [0.05, 0.1) is 0 Å². The molecule has 31 heavy (non-hydrogen) atoms. The van der Waals surface area contributed by atoms with E-state index in [-0.39, 0.29) is 17.9 Å². The second-order valence-corrected chi connectivity index (χ2v) is 8.86. The second-order valence-electron chi connectivity index (χ2n) is 8.43. The minimum atomic E-state index is 0.0294. The number of likely N-dealkylation sites (tertiary alicyclic amines) is 2. The molecule has 2 aliphatic heterocycles. The number of amides is 2. The summed E-state index contributed by atoms with van der Waals surface area (Å²) in [5.41, 5.74) is 1.61. The van der Waals surface area contributed by atoms with Crippen LogP contribution in [-0.4, -0.2) is 60.4 Å². The summed E-state index contributed by atoms with van der Waals surface area (Å²) in [4.78, 5) is 32.4. The Morgan fingerprint density at radius 2 is 1.55 bits per heavy atom. The van der Waals surface area contributed by atoms with Crippen LogP contribution in [0.1, 0.15) is 42.5 Å². The summed E-state index contributed by atoms with van der Waals surface area (Å²) >= 11 is 5.95. The van der Waals surface area contributed by atoms with Crippen molar-refractivity contribution in [2.75, 3.05) is 37.6 Å². The lowest BCUT2D eigenvalue weighted by atomic mass is 10.0. The highest BCUT2D eigenvalue weighted by molar-refractivity contribution is 6.30. The maximum Gasteiger partial charge on any atom is 0.253 e. The molecule has 0 N–H and O–H groups in total. The maximum atomic E-state index is 13.3. The summed E-state index contributed by atoms with van der Waals surface area (Å²) in [5, 5.41) is 0.626. The number of hydrogen-bond acceptors (Lipinski definition) is 3. The van der Waals surface area contributed by atoms with Crippen LogP contribution in [0.5, 0.6) is 0 Å². The van der Waals surface area contributed by atoms with E-state index in [9.17, 15) is 9.59 Å². The minimum absolute atomic E-state index is 0.0294. The van der Waals surface area contributed by atoms with E-state index in [2.05, 4.69) is 4.90 Å². The number of rotatable bonds is 6. The van der Waals surface area contributed by atoms with Crippen LogP contribution in [-0.2, 0) is 4.79 Å². The minimum Gasteiger partial charge on any atom is -0.338 e. The van der Waals surface area contributed by atoms with Gasteiger partial charge in [0, 0.05) is 48.4 Å². The van der Waals surface area contributed by atoms with Crippen molar-refractivity contribution in [2.45, 2.75) is 38.1 Å². The topological polar surface area (TPSA) is 43.9 Å². The first-order valence-electron chi connectivity index (χ1n) is 11.3. The lowest BCUT2D eigenvalue weighted by molar-refractivity contribution is -0.119. The Bertz CT molecular complexity index is 873. The highest BCUT2D eigenvalue weighted by Crippen LogP contribution is 2.26. The van der Waals surface area contributed by atoms with E-state index in [4.69, 9.17) is 11.6 Å². The summed E-state index contributed by atoms with van der Waals surface area (Å²) in [5.74, 6) is 0.210. The molecule has 2 aromatic rings. The third-order valence-corrected chi connectivity index (χ3v) is 6.60. The SMILES string of the molecule is O=C(c1ccc(Cl)cc1)N1CCC(N(C(=O)CCN2CCCC2)c2ccccc2)CC1. The summed E-state index contributed by atoms with van der Waals surface area (Å²) in [6.07, 6.45) is 4.57. The van der Waals surface area contributed by atoms with Gasteiger partial charge in [0.15, 0.2) is 0 Å². The molecule has 2 aliphatic rings. The maximum absolute atomic E-state index is 13.3. The zero-order valence-corrected chi connectivity index (χ0v) is 18.6. The van der Waals surface area contributed by atoms with Crippen LogP contribution in [0.4, 0.5) is 5.69 Å².